The van der Waals surface area contributed by atoms with Crippen LogP contribution >= 0.6 is 0 Å². The maximum absolute atomic E-state index is 12.9. The molecule has 0 bridgehead atoms. The van der Waals surface area contributed by atoms with Gasteiger partial charge in [-0.15, -0.1) is 0 Å². The molecule has 7 heteroatoms. The molecule has 0 aliphatic carbocycles. The highest BCUT2D eigenvalue weighted by Crippen LogP contribution is 2.26. The molecular formula is C23H24N2O4S. The topological polar surface area (TPSA) is 75.7 Å². The van der Waals surface area contributed by atoms with E-state index < -0.39 is 10.0 Å². The molecule has 0 unspecified atom stereocenters. The molecule has 30 heavy (non-hydrogen) atoms. The maximum Gasteiger partial charge on any atom is 0.258 e. The molecule has 0 aromatic heterocycles. The van der Waals surface area contributed by atoms with E-state index in [1.807, 2.05) is 60.7 Å². The van der Waals surface area contributed by atoms with Crippen molar-refractivity contribution in [1.82, 2.24) is 4.72 Å². The van der Waals surface area contributed by atoms with Crippen LogP contribution in [0.5, 0.6) is 5.75 Å². The first-order chi connectivity index (χ1) is 14.4. The normalized spacial score (nSPS) is 11.1. The smallest absolute Gasteiger partial charge is 0.258 e. The molecule has 0 saturated carbocycles. The number of benzene rings is 3. The van der Waals surface area contributed by atoms with Crippen LogP contribution < -0.4 is 14.4 Å². The molecule has 0 aliphatic rings. The molecule has 3 aromatic rings. The first kappa shape index (κ1) is 21.5. The van der Waals surface area contributed by atoms with Crippen molar-refractivity contribution in [3.63, 3.8) is 0 Å². The van der Waals surface area contributed by atoms with Gasteiger partial charge in [-0.2, -0.15) is 0 Å². The lowest BCUT2D eigenvalue weighted by Crippen LogP contribution is -2.28. The average molecular weight is 425 g/mol. The minimum atomic E-state index is -3.87. The number of amides is 1. The summed E-state index contributed by atoms with van der Waals surface area (Å²) in [4.78, 5) is 14.3. The molecule has 3 aromatic carbocycles. The van der Waals surface area contributed by atoms with Gasteiger partial charge in [0, 0.05) is 24.8 Å². The average Bonchev–Trinajstić information content (AvgIpc) is 2.79. The molecule has 0 fully saturated rings. The van der Waals surface area contributed by atoms with Crippen LogP contribution in [0.15, 0.2) is 83.8 Å². The fourth-order valence-electron chi connectivity index (χ4n) is 3.03. The van der Waals surface area contributed by atoms with E-state index in [2.05, 4.69) is 4.72 Å². The third kappa shape index (κ3) is 5.06. The van der Waals surface area contributed by atoms with E-state index in [0.29, 0.717) is 12.1 Å². The fourth-order valence-corrected chi connectivity index (χ4v) is 4.26. The summed E-state index contributed by atoms with van der Waals surface area (Å²) in [5.41, 5.74) is 2.00. The first-order valence-corrected chi connectivity index (χ1v) is 11.0. The molecule has 0 aliphatic heterocycles. The van der Waals surface area contributed by atoms with Crippen LogP contribution in [0.25, 0.3) is 0 Å². The van der Waals surface area contributed by atoms with Gasteiger partial charge in [0.2, 0.25) is 10.0 Å². The minimum Gasteiger partial charge on any atom is -0.495 e. The van der Waals surface area contributed by atoms with Crippen LogP contribution in [0.3, 0.4) is 0 Å². The number of hydrogen-bond acceptors (Lipinski definition) is 4. The Bertz CT molecular complexity index is 1100. The second-order valence-corrected chi connectivity index (χ2v) is 8.43. The van der Waals surface area contributed by atoms with Gasteiger partial charge >= 0.3 is 0 Å². The van der Waals surface area contributed by atoms with E-state index in [0.717, 1.165) is 5.56 Å². The minimum absolute atomic E-state index is 0.0645. The van der Waals surface area contributed by atoms with Gasteiger partial charge in [-0.05, 0) is 42.3 Å². The van der Waals surface area contributed by atoms with Crippen molar-refractivity contribution < 1.29 is 17.9 Å². The van der Waals surface area contributed by atoms with E-state index in [-0.39, 0.29) is 28.7 Å². The molecule has 0 atom stereocenters. The van der Waals surface area contributed by atoms with E-state index >= 15 is 0 Å². The molecule has 0 spiro atoms. The van der Waals surface area contributed by atoms with E-state index in [9.17, 15) is 13.2 Å². The van der Waals surface area contributed by atoms with Crippen molar-refractivity contribution in [2.75, 3.05) is 25.6 Å². The largest absolute Gasteiger partial charge is 0.495 e. The number of ether oxygens (including phenoxy) is 1. The van der Waals surface area contributed by atoms with Crippen molar-refractivity contribution in [3.05, 3.63) is 90.0 Å². The van der Waals surface area contributed by atoms with Gasteiger partial charge in [0.1, 0.15) is 10.6 Å². The zero-order chi connectivity index (χ0) is 21.6. The number of nitrogens with zero attached hydrogens (tertiary/aromatic N) is 1. The molecule has 156 valence electrons. The predicted octanol–water partition coefficient (Wildman–Crippen LogP) is 3.49. The Morgan fingerprint density at radius 3 is 2.23 bits per heavy atom. The van der Waals surface area contributed by atoms with Gasteiger partial charge in [0.25, 0.3) is 5.91 Å². The Balaban J connectivity index is 1.82. The summed E-state index contributed by atoms with van der Waals surface area (Å²) in [7, 11) is -0.820. The third-order valence-electron chi connectivity index (χ3n) is 4.70. The Labute approximate surface area is 177 Å². The summed E-state index contributed by atoms with van der Waals surface area (Å²) in [6.45, 7) is 0.234. The highest BCUT2D eigenvalue weighted by atomic mass is 32.2. The van der Waals surface area contributed by atoms with Crippen molar-refractivity contribution in [3.8, 4) is 5.75 Å². The van der Waals surface area contributed by atoms with Gasteiger partial charge in [-0.25, -0.2) is 13.1 Å². The van der Waals surface area contributed by atoms with Gasteiger partial charge in [0.05, 0.1) is 7.11 Å². The quantitative estimate of drug-likeness (QED) is 0.601. The Morgan fingerprint density at radius 1 is 0.967 bits per heavy atom. The predicted molar refractivity (Wildman–Crippen MR) is 118 cm³/mol. The van der Waals surface area contributed by atoms with Crippen LogP contribution in [0.4, 0.5) is 5.69 Å². The molecule has 0 radical (unpaired) electrons. The lowest BCUT2D eigenvalue weighted by Gasteiger charge is -2.18. The summed E-state index contributed by atoms with van der Waals surface area (Å²) in [5.74, 6) is -0.134. The SMILES string of the molecule is COc1ccc(C(=O)N(C)c2ccccc2)cc1S(=O)(=O)NCCc1ccccc1. The number of methoxy groups -OCH3 is 1. The number of carbonyl (C=O) groups is 1. The molecule has 0 heterocycles. The molecule has 3 rings (SSSR count). The lowest BCUT2D eigenvalue weighted by molar-refractivity contribution is 0.0992. The second-order valence-electron chi connectivity index (χ2n) is 6.70. The number of sulfonamides is 1. The standard InChI is InChI=1S/C23H24N2O4S/c1-25(20-11-7-4-8-12-20)23(26)19-13-14-21(29-2)22(17-19)30(27,28)24-16-15-18-9-5-3-6-10-18/h3-14,17,24H,15-16H2,1-2H3. The molecule has 0 saturated heterocycles. The summed E-state index contributed by atoms with van der Waals surface area (Å²) >= 11 is 0. The van der Waals surface area contributed by atoms with Gasteiger partial charge in [0.15, 0.2) is 0 Å². The zero-order valence-electron chi connectivity index (χ0n) is 16.9. The molecule has 1 amide bonds. The van der Waals surface area contributed by atoms with E-state index in [1.165, 1.54) is 24.1 Å². The monoisotopic (exact) mass is 424 g/mol. The van der Waals surface area contributed by atoms with Gasteiger partial charge < -0.3 is 9.64 Å². The lowest BCUT2D eigenvalue weighted by atomic mass is 10.2. The number of nitrogens with one attached hydrogen (secondary N) is 1. The van der Waals surface area contributed by atoms with Crippen LogP contribution in [0, 0.1) is 0 Å². The van der Waals surface area contributed by atoms with Gasteiger partial charge in [-0.1, -0.05) is 48.5 Å². The number of para-hydroxylation sites is 1. The summed E-state index contributed by atoms with van der Waals surface area (Å²) in [6.07, 6.45) is 0.553. The summed E-state index contributed by atoms with van der Waals surface area (Å²) < 4.78 is 33.6. The zero-order valence-corrected chi connectivity index (χ0v) is 17.7. The van der Waals surface area contributed by atoms with Crippen molar-refractivity contribution >= 4 is 21.6 Å². The Kier molecular flexibility index (Phi) is 6.87. The van der Waals surface area contributed by atoms with Crippen LogP contribution in [-0.4, -0.2) is 35.0 Å². The number of anilines is 1. The van der Waals surface area contributed by atoms with Crippen molar-refractivity contribution in [1.29, 1.82) is 0 Å². The Morgan fingerprint density at radius 2 is 1.60 bits per heavy atom. The fraction of sp³-hybridized carbons (Fsp3) is 0.174. The molecular weight excluding hydrogens is 400 g/mol. The molecule has 1 N–H and O–H groups in total. The van der Waals surface area contributed by atoms with Crippen LogP contribution in [0.1, 0.15) is 15.9 Å². The maximum atomic E-state index is 12.9. The number of rotatable bonds is 8. The van der Waals surface area contributed by atoms with E-state index in [1.54, 1.807) is 13.1 Å². The van der Waals surface area contributed by atoms with Crippen LogP contribution in [-0.2, 0) is 16.4 Å². The third-order valence-corrected chi connectivity index (χ3v) is 6.18. The first-order valence-electron chi connectivity index (χ1n) is 9.47. The van der Waals surface area contributed by atoms with E-state index in [4.69, 9.17) is 4.74 Å². The van der Waals surface area contributed by atoms with Gasteiger partial charge in [-0.3, -0.25) is 4.79 Å². The highest BCUT2D eigenvalue weighted by molar-refractivity contribution is 7.89. The summed E-state index contributed by atoms with van der Waals surface area (Å²) in [6, 6.07) is 23.2. The number of carbonyl (C=O) groups excluding carboxylic acids is 1. The highest BCUT2D eigenvalue weighted by Gasteiger charge is 2.23. The van der Waals surface area contributed by atoms with Crippen molar-refractivity contribution in [2.24, 2.45) is 0 Å². The van der Waals surface area contributed by atoms with Crippen molar-refractivity contribution in [2.45, 2.75) is 11.3 Å². The summed E-state index contributed by atoms with van der Waals surface area (Å²) in [5, 5.41) is 0. The second kappa shape index (κ2) is 9.56. The number of hydrogen-bond donors (Lipinski definition) is 1. The molecule has 6 nitrogen and oxygen atoms in total. The van der Waals surface area contributed by atoms with Crippen LogP contribution in [0.2, 0.25) is 0 Å². The Hall–Kier alpha value is -3.16.